The van der Waals surface area contributed by atoms with Crippen molar-refractivity contribution in [2.45, 2.75) is 59.7 Å². The third-order valence-corrected chi connectivity index (χ3v) is 6.88. The van der Waals surface area contributed by atoms with E-state index in [0.29, 0.717) is 26.2 Å². The SMILES string of the molecule is Cc1ccccc1-n1c(C)cc(C(=O)N2CCC(C(=O)N3CC(C)OC(C)C3)CC2)c1C. The summed E-state index contributed by atoms with van der Waals surface area (Å²) < 4.78 is 7.93. The van der Waals surface area contributed by atoms with Gasteiger partial charge in [0.25, 0.3) is 5.91 Å². The van der Waals surface area contributed by atoms with Gasteiger partial charge in [0.05, 0.1) is 17.8 Å². The van der Waals surface area contributed by atoms with Gasteiger partial charge in [0, 0.05) is 49.2 Å². The van der Waals surface area contributed by atoms with E-state index in [1.165, 1.54) is 5.56 Å². The number of hydrogen-bond donors (Lipinski definition) is 0. The molecule has 0 N–H and O–H groups in total. The summed E-state index contributed by atoms with van der Waals surface area (Å²) in [5.74, 6) is 0.283. The average Bonchev–Trinajstić information content (AvgIpc) is 3.06. The van der Waals surface area contributed by atoms with Crippen LogP contribution in [-0.4, -0.2) is 64.6 Å². The molecule has 6 heteroatoms. The van der Waals surface area contributed by atoms with Crippen LogP contribution in [0.5, 0.6) is 0 Å². The Morgan fingerprint density at radius 1 is 0.938 bits per heavy atom. The lowest BCUT2D eigenvalue weighted by Gasteiger charge is -2.39. The molecule has 2 aliphatic rings. The first kappa shape index (κ1) is 22.6. The molecule has 2 saturated heterocycles. The van der Waals surface area contributed by atoms with Crippen molar-refractivity contribution in [3.05, 3.63) is 52.8 Å². The van der Waals surface area contributed by atoms with Crippen molar-refractivity contribution in [2.24, 2.45) is 5.92 Å². The topological polar surface area (TPSA) is 54.8 Å². The number of likely N-dealkylation sites (tertiary alicyclic amines) is 1. The summed E-state index contributed by atoms with van der Waals surface area (Å²) in [5.41, 5.74) is 5.07. The molecule has 32 heavy (non-hydrogen) atoms. The molecule has 2 fully saturated rings. The number of para-hydroxylation sites is 1. The Labute approximate surface area is 191 Å². The van der Waals surface area contributed by atoms with Crippen LogP contribution in [0.4, 0.5) is 0 Å². The summed E-state index contributed by atoms with van der Waals surface area (Å²) in [6, 6.07) is 10.2. The summed E-state index contributed by atoms with van der Waals surface area (Å²) in [4.78, 5) is 30.3. The number of benzene rings is 1. The minimum absolute atomic E-state index is 0.00375. The second-order valence-corrected chi connectivity index (χ2v) is 9.47. The molecule has 0 radical (unpaired) electrons. The van der Waals surface area contributed by atoms with Gasteiger partial charge in [-0.25, -0.2) is 0 Å². The number of hydrogen-bond acceptors (Lipinski definition) is 3. The average molecular weight is 438 g/mol. The second kappa shape index (κ2) is 9.10. The molecule has 1 aromatic heterocycles. The zero-order valence-corrected chi connectivity index (χ0v) is 19.9. The predicted molar refractivity (Wildman–Crippen MR) is 125 cm³/mol. The molecule has 2 aliphatic heterocycles. The maximum atomic E-state index is 13.4. The maximum absolute atomic E-state index is 13.4. The van der Waals surface area contributed by atoms with Crippen molar-refractivity contribution in [3.8, 4) is 5.69 Å². The Morgan fingerprint density at radius 3 is 2.19 bits per heavy atom. The van der Waals surface area contributed by atoms with Gasteiger partial charge in [-0.2, -0.15) is 0 Å². The number of amides is 2. The summed E-state index contributed by atoms with van der Waals surface area (Å²) in [5, 5.41) is 0. The van der Waals surface area contributed by atoms with E-state index in [1.54, 1.807) is 0 Å². The number of ether oxygens (including phenoxy) is 1. The molecular weight excluding hydrogens is 402 g/mol. The minimum Gasteiger partial charge on any atom is -0.372 e. The Hall–Kier alpha value is -2.60. The molecule has 0 bridgehead atoms. The van der Waals surface area contributed by atoms with Crippen LogP contribution in [0.3, 0.4) is 0 Å². The number of aromatic nitrogens is 1. The largest absolute Gasteiger partial charge is 0.372 e. The Kier molecular flexibility index (Phi) is 6.42. The molecular formula is C26H35N3O3. The summed E-state index contributed by atoms with van der Waals surface area (Å²) in [7, 11) is 0. The van der Waals surface area contributed by atoms with Gasteiger partial charge in [0.1, 0.15) is 0 Å². The fraction of sp³-hybridized carbons (Fsp3) is 0.538. The highest BCUT2D eigenvalue weighted by molar-refractivity contribution is 5.96. The van der Waals surface area contributed by atoms with Crippen LogP contribution in [-0.2, 0) is 9.53 Å². The standard InChI is InChI=1S/C26H35N3O3/c1-17-8-6-7-9-24(17)29-18(2)14-23(21(29)5)26(31)27-12-10-22(11-13-27)25(30)28-15-19(3)32-20(4)16-28/h6-9,14,19-20,22H,10-13,15-16H2,1-5H3. The third-order valence-electron chi connectivity index (χ3n) is 6.88. The van der Waals surface area contributed by atoms with Crippen LogP contribution in [0.25, 0.3) is 5.69 Å². The number of piperidine rings is 1. The molecule has 172 valence electrons. The smallest absolute Gasteiger partial charge is 0.255 e. The van der Waals surface area contributed by atoms with Crippen LogP contribution in [0.15, 0.2) is 30.3 Å². The molecule has 3 heterocycles. The minimum atomic E-state index is -0.00375. The predicted octanol–water partition coefficient (Wildman–Crippen LogP) is 3.89. The molecule has 2 atom stereocenters. The highest BCUT2D eigenvalue weighted by Crippen LogP contribution is 2.27. The lowest BCUT2D eigenvalue weighted by molar-refractivity contribution is -0.148. The molecule has 4 rings (SSSR count). The first-order chi connectivity index (χ1) is 15.3. The van der Waals surface area contributed by atoms with E-state index < -0.39 is 0 Å². The molecule has 2 amide bonds. The van der Waals surface area contributed by atoms with Gasteiger partial charge >= 0.3 is 0 Å². The molecule has 6 nitrogen and oxygen atoms in total. The summed E-state index contributed by atoms with van der Waals surface area (Å²) in [6.45, 7) is 12.8. The monoisotopic (exact) mass is 437 g/mol. The van der Waals surface area contributed by atoms with Crippen LogP contribution in [0, 0.1) is 26.7 Å². The van der Waals surface area contributed by atoms with Gasteiger partial charge in [-0.15, -0.1) is 0 Å². The second-order valence-electron chi connectivity index (χ2n) is 9.47. The Balaban J connectivity index is 1.44. The van der Waals surface area contributed by atoms with E-state index in [9.17, 15) is 9.59 Å². The van der Waals surface area contributed by atoms with E-state index in [1.807, 2.05) is 55.7 Å². The van der Waals surface area contributed by atoms with Crippen molar-refractivity contribution >= 4 is 11.8 Å². The van der Waals surface area contributed by atoms with Gasteiger partial charge in [-0.1, -0.05) is 18.2 Å². The Morgan fingerprint density at radius 2 is 1.56 bits per heavy atom. The van der Waals surface area contributed by atoms with E-state index in [0.717, 1.165) is 35.5 Å². The lowest BCUT2D eigenvalue weighted by Crippen LogP contribution is -2.51. The normalized spacial score (nSPS) is 22.3. The van der Waals surface area contributed by atoms with Crippen LogP contribution >= 0.6 is 0 Å². The van der Waals surface area contributed by atoms with Crippen LogP contribution in [0.2, 0.25) is 0 Å². The molecule has 0 aliphatic carbocycles. The molecule has 2 unspecified atom stereocenters. The van der Waals surface area contributed by atoms with Gasteiger partial charge in [0.2, 0.25) is 5.91 Å². The number of morpholine rings is 1. The van der Waals surface area contributed by atoms with Crippen LogP contribution in [0.1, 0.15) is 54.0 Å². The highest BCUT2D eigenvalue weighted by Gasteiger charge is 2.34. The fourth-order valence-electron chi connectivity index (χ4n) is 5.28. The molecule has 1 aromatic carbocycles. The van der Waals surface area contributed by atoms with Crippen molar-refractivity contribution in [3.63, 3.8) is 0 Å². The van der Waals surface area contributed by atoms with Crippen LogP contribution < -0.4 is 0 Å². The number of nitrogens with zero attached hydrogens (tertiary/aromatic N) is 3. The van der Waals surface area contributed by atoms with E-state index in [-0.39, 0.29) is 29.9 Å². The van der Waals surface area contributed by atoms with E-state index in [4.69, 9.17) is 4.74 Å². The van der Waals surface area contributed by atoms with Crippen molar-refractivity contribution in [1.29, 1.82) is 0 Å². The van der Waals surface area contributed by atoms with Crippen molar-refractivity contribution < 1.29 is 14.3 Å². The molecule has 0 saturated carbocycles. The zero-order chi connectivity index (χ0) is 23.0. The molecule has 0 spiro atoms. The van der Waals surface area contributed by atoms with Gasteiger partial charge in [0.15, 0.2) is 0 Å². The Bertz CT molecular complexity index is 994. The lowest BCUT2D eigenvalue weighted by atomic mass is 9.94. The summed E-state index contributed by atoms with van der Waals surface area (Å²) >= 11 is 0. The fourth-order valence-corrected chi connectivity index (χ4v) is 5.28. The zero-order valence-electron chi connectivity index (χ0n) is 19.9. The van der Waals surface area contributed by atoms with Crippen molar-refractivity contribution in [2.75, 3.05) is 26.2 Å². The van der Waals surface area contributed by atoms with Gasteiger partial charge in [-0.3, -0.25) is 9.59 Å². The van der Waals surface area contributed by atoms with Gasteiger partial charge < -0.3 is 19.1 Å². The first-order valence-corrected chi connectivity index (χ1v) is 11.7. The highest BCUT2D eigenvalue weighted by atomic mass is 16.5. The number of carbonyl (C=O) groups excluding carboxylic acids is 2. The maximum Gasteiger partial charge on any atom is 0.255 e. The summed E-state index contributed by atoms with van der Waals surface area (Å²) in [6.07, 6.45) is 1.60. The van der Waals surface area contributed by atoms with E-state index >= 15 is 0 Å². The van der Waals surface area contributed by atoms with Crippen molar-refractivity contribution in [1.82, 2.24) is 14.4 Å². The number of carbonyl (C=O) groups is 2. The number of rotatable bonds is 3. The van der Waals surface area contributed by atoms with Gasteiger partial charge in [-0.05, 0) is 65.2 Å². The van der Waals surface area contributed by atoms with E-state index in [2.05, 4.69) is 23.6 Å². The third kappa shape index (κ3) is 4.33. The number of aryl methyl sites for hydroxylation is 2. The first-order valence-electron chi connectivity index (χ1n) is 11.7. The quantitative estimate of drug-likeness (QED) is 0.732. The molecule has 2 aromatic rings.